The quantitative estimate of drug-likeness (QED) is 0.863. The molecule has 0 aliphatic heterocycles. The summed E-state index contributed by atoms with van der Waals surface area (Å²) in [5.41, 5.74) is 8.21. The zero-order chi connectivity index (χ0) is 15.5. The summed E-state index contributed by atoms with van der Waals surface area (Å²) in [6.07, 6.45) is 2.05. The smallest absolute Gasteiger partial charge is 0.123 e. The first kappa shape index (κ1) is 16.0. The van der Waals surface area contributed by atoms with Crippen molar-refractivity contribution in [1.29, 1.82) is 0 Å². The Kier molecular flexibility index (Phi) is 5.01. The molecule has 0 unspecified atom stereocenters. The fourth-order valence-corrected chi connectivity index (χ4v) is 3.38. The molecule has 0 spiro atoms. The topological polar surface area (TPSA) is 48.1 Å². The van der Waals surface area contributed by atoms with Crippen molar-refractivity contribution >= 4 is 11.3 Å². The number of benzene rings is 1. The van der Waals surface area contributed by atoms with Crippen molar-refractivity contribution in [3.8, 4) is 16.3 Å². The van der Waals surface area contributed by atoms with E-state index < -0.39 is 0 Å². The zero-order valence-electron chi connectivity index (χ0n) is 13.3. The lowest BCUT2D eigenvalue weighted by atomic mass is 10.0. The second-order valence-electron chi connectivity index (χ2n) is 5.72. The molecule has 3 nitrogen and oxygen atoms in total. The molecule has 1 aromatic carbocycles. The van der Waals surface area contributed by atoms with Gasteiger partial charge in [0.2, 0.25) is 0 Å². The van der Waals surface area contributed by atoms with Crippen LogP contribution in [0, 0.1) is 0 Å². The molecule has 0 amide bonds. The Morgan fingerprint density at radius 2 is 1.86 bits per heavy atom. The summed E-state index contributed by atoms with van der Waals surface area (Å²) in [5.74, 6) is 0.894. The number of thiazole rings is 1. The van der Waals surface area contributed by atoms with Crippen molar-refractivity contribution in [3.63, 3.8) is 0 Å². The molecule has 1 aromatic heterocycles. The van der Waals surface area contributed by atoms with Gasteiger partial charge in [-0.2, -0.15) is 0 Å². The lowest BCUT2D eigenvalue weighted by molar-refractivity contribution is 0.340. The highest BCUT2D eigenvalue weighted by Crippen LogP contribution is 2.34. The summed E-state index contributed by atoms with van der Waals surface area (Å²) in [5, 5.41) is 1.04. The molecule has 0 radical (unpaired) electrons. The summed E-state index contributed by atoms with van der Waals surface area (Å²) in [6, 6.07) is 8.11. The van der Waals surface area contributed by atoms with Crippen molar-refractivity contribution in [2.24, 2.45) is 5.73 Å². The first-order chi connectivity index (χ1) is 9.95. The van der Waals surface area contributed by atoms with Gasteiger partial charge < -0.3 is 10.5 Å². The van der Waals surface area contributed by atoms with Crippen LogP contribution >= 0.6 is 11.3 Å². The summed E-state index contributed by atoms with van der Waals surface area (Å²) < 4.78 is 5.48. The Bertz CT molecular complexity index is 582. The average Bonchev–Trinajstić information content (AvgIpc) is 2.84. The molecule has 2 rings (SSSR count). The Balaban J connectivity index is 2.35. The molecule has 21 heavy (non-hydrogen) atoms. The second-order valence-corrected chi connectivity index (χ2v) is 6.72. The molecule has 2 aromatic rings. The monoisotopic (exact) mass is 304 g/mol. The normalized spacial score (nSPS) is 11.7. The molecule has 0 bridgehead atoms. The predicted molar refractivity (Wildman–Crippen MR) is 89.9 cm³/mol. The van der Waals surface area contributed by atoms with Crippen molar-refractivity contribution < 1.29 is 4.74 Å². The van der Waals surface area contributed by atoms with E-state index in [0.29, 0.717) is 6.61 Å². The van der Waals surface area contributed by atoms with Gasteiger partial charge in [-0.15, -0.1) is 11.3 Å². The summed E-state index contributed by atoms with van der Waals surface area (Å²) in [4.78, 5) is 6.00. The van der Waals surface area contributed by atoms with Crippen LogP contribution in [0.15, 0.2) is 24.3 Å². The molecule has 114 valence electrons. The van der Waals surface area contributed by atoms with Crippen LogP contribution in [0.1, 0.15) is 44.7 Å². The molecule has 0 aliphatic carbocycles. The number of aryl methyl sites for hydroxylation is 1. The highest BCUT2D eigenvalue weighted by Gasteiger charge is 2.23. The number of rotatable bonds is 6. The van der Waals surface area contributed by atoms with E-state index in [1.807, 2.05) is 32.9 Å². The Morgan fingerprint density at radius 1 is 1.19 bits per heavy atom. The lowest BCUT2D eigenvalue weighted by Crippen LogP contribution is -2.28. The van der Waals surface area contributed by atoms with E-state index in [2.05, 4.69) is 19.1 Å². The third-order valence-electron chi connectivity index (χ3n) is 3.18. The molecule has 0 fully saturated rings. The zero-order valence-corrected chi connectivity index (χ0v) is 14.1. The number of nitrogens with two attached hydrogens (primary N) is 1. The SMILES string of the molecule is CCCc1nc(-c2ccc(OCC)cc2)sc1C(C)(C)N. The van der Waals surface area contributed by atoms with Gasteiger partial charge in [0.25, 0.3) is 0 Å². The van der Waals surface area contributed by atoms with E-state index in [9.17, 15) is 0 Å². The molecule has 4 heteroatoms. The third-order valence-corrected chi connectivity index (χ3v) is 4.67. The average molecular weight is 304 g/mol. The minimum atomic E-state index is -0.342. The third kappa shape index (κ3) is 3.83. The van der Waals surface area contributed by atoms with E-state index in [4.69, 9.17) is 15.5 Å². The largest absolute Gasteiger partial charge is 0.494 e. The molecule has 1 heterocycles. The summed E-state index contributed by atoms with van der Waals surface area (Å²) in [6.45, 7) is 8.93. The fourth-order valence-electron chi connectivity index (χ4n) is 2.25. The van der Waals surface area contributed by atoms with Crippen LogP contribution in [0.3, 0.4) is 0 Å². The molecule has 0 saturated carbocycles. The van der Waals surface area contributed by atoms with Gasteiger partial charge in [0.15, 0.2) is 0 Å². The fraction of sp³-hybridized carbons (Fsp3) is 0.471. The van der Waals surface area contributed by atoms with Gasteiger partial charge in [0.1, 0.15) is 10.8 Å². The molecule has 2 N–H and O–H groups in total. The molecular weight excluding hydrogens is 280 g/mol. The van der Waals surface area contributed by atoms with Crippen LogP contribution < -0.4 is 10.5 Å². The molecule has 0 aliphatic rings. The Hall–Kier alpha value is -1.39. The van der Waals surface area contributed by atoms with Crippen molar-refractivity contribution in [2.75, 3.05) is 6.61 Å². The number of hydrogen-bond acceptors (Lipinski definition) is 4. The maximum absolute atomic E-state index is 6.29. The van der Waals surface area contributed by atoms with Crippen LogP contribution in [-0.4, -0.2) is 11.6 Å². The molecule has 0 saturated heterocycles. The van der Waals surface area contributed by atoms with Gasteiger partial charge in [-0.3, -0.25) is 0 Å². The first-order valence-electron chi connectivity index (χ1n) is 7.48. The van der Waals surface area contributed by atoms with Crippen molar-refractivity contribution in [3.05, 3.63) is 34.8 Å². The van der Waals surface area contributed by atoms with Crippen LogP contribution in [0.4, 0.5) is 0 Å². The van der Waals surface area contributed by atoms with Crippen molar-refractivity contribution in [2.45, 2.75) is 46.1 Å². The standard InChI is InChI=1S/C17H24N2OS/c1-5-7-14-15(17(3,4)18)21-16(19-14)12-8-10-13(11-9-12)20-6-2/h8-11H,5-7,18H2,1-4H3. The molecule has 0 atom stereocenters. The highest BCUT2D eigenvalue weighted by atomic mass is 32.1. The van der Waals surface area contributed by atoms with Crippen LogP contribution in [0.25, 0.3) is 10.6 Å². The maximum atomic E-state index is 6.29. The number of hydrogen-bond donors (Lipinski definition) is 1. The number of ether oxygens (including phenoxy) is 1. The lowest BCUT2D eigenvalue weighted by Gasteiger charge is -2.17. The van der Waals surface area contributed by atoms with E-state index >= 15 is 0 Å². The van der Waals surface area contributed by atoms with Gasteiger partial charge >= 0.3 is 0 Å². The van der Waals surface area contributed by atoms with Crippen LogP contribution in [0.2, 0.25) is 0 Å². The summed E-state index contributed by atoms with van der Waals surface area (Å²) >= 11 is 1.70. The van der Waals surface area contributed by atoms with E-state index in [-0.39, 0.29) is 5.54 Å². The first-order valence-corrected chi connectivity index (χ1v) is 8.29. The van der Waals surface area contributed by atoms with Gasteiger partial charge in [0.05, 0.1) is 12.3 Å². The minimum Gasteiger partial charge on any atom is -0.494 e. The van der Waals surface area contributed by atoms with Gasteiger partial charge in [0, 0.05) is 16.0 Å². The second kappa shape index (κ2) is 6.58. The van der Waals surface area contributed by atoms with Crippen LogP contribution in [-0.2, 0) is 12.0 Å². The minimum absolute atomic E-state index is 0.342. The molecular formula is C17H24N2OS. The Labute approximate surface area is 131 Å². The number of aromatic nitrogens is 1. The Morgan fingerprint density at radius 3 is 2.38 bits per heavy atom. The maximum Gasteiger partial charge on any atom is 0.123 e. The van der Waals surface area contributed by atoms with E-state index in [0.717, 1.165) is 34.9 Å². The van der Waals surface area contributed by atoms with Gasteiger partial charge in [-0.1, -0.05) is 13.3 Å². The van der Waals surface area contributed by atoms with Gasteiger partial charge in [-0.05, 0) is 51.5 Å². The van der Waals surface area contributed by atoms with Crippen molar-refractivity contribution in [1.82, 2.24) is 4.98 Å². The van der Waals surface area contributed by atoms with Crippen LogP contribution in [0.5, 0.6) is 5.75 Å². The highest BCUT2D eigenvalue weighted by molar-refractivity contribution is 7.15. The predicted octanol–water partition coefficient (Wildman–Crippen LogP) is 4.36. The number of nitrogens with zero attached hydrogens (tertiary/aromatic N) is 1. The van der Waals surface area contributed by atoms with Gasteiger partial charge in [-0.25, -0.2) is 4.98 Å². The summed E-state index contributed by atoms with van der Waals surface area (Å²) in [7, 11) is 0. The van der Waals surface area contributed by atoms with E-state index in [1.165, 1.54) is 4.88 Å². The van der Waals surface area contributed by atoms with E-state index in [1.54, 1.807) is 11.3 Å².